The molecule has 0 aromatic carbocycles. The maximum Gasteiger partial charge on any atom is 0.277 e. The van der Waals surface area contributed by atoms with Gasteiger partial charge < -0.3 is 9.80 Å². The molecule has 0 saturated carbocycles. The van der Waals surface area contributed by atoms with E-state index in [1.807, 2.05) is 7.05 Å². The number of hydrogen-bond donors (Lipinski definition) is 2. The average Bonchev–Trinajstić information content (AvgIpc) is 2.27. The Kier molecular flexibility index (Phi) is 4.66. The van der Waals surface area contributed by atoms with E-state index in [1.54, 1.807) is 4.90 Å². The van der Waals surface area contributed by atoms with Gasteiger partial charge in [0, 0.05) is 33.2 Å². The Morgan fingerprint density at radius 2 is 1.81 bits per heavy atom. The number of hydrogen-bond acceptors (Lipinski definition) is 4. The van der Waals surface area contributed by atoms with Crippen LogP contribution in [-0.4, -0.2) is 70.9 Å². The molecule has 2 N–H and O–H groups in total. The zero-order valence-electron chi connectivity index (χ0n) is 9.56. The van der Waals surface area contributed by atoms with Crippen LogP contribution in [0, 0.1) is 0 Å². The van der Waals surface area contributed by atoms with Crippen molar-refractivity contribution in [2.75, 3.05) is 46.8 Å². The summed E-state index contributed by atoms with van der Waals surface area (Å²) in [6, 6.07) is 0. The largest absolute Gasteiger partial charge is 0.339 e. The molecule has 0 aromatic heterocycles. The van der Waals surface area contributed by atoms with Gasteiger partial charge >= 0.3 is 0 Å². The number of carbonyl (C=O) groups excluding carboxylic acids is 1. The number of nitrogens with one attached hydrogen (secondary N) is 2. The van der Waals surface area contributed by atoms with E-state index < -0.39 is 10.2 Å². The maximum atomic E-state index is 11.6. The Bertz CT molecular complexity index is 335. The van der Waals surface area contributed by atoms with Gasteiger partial charge in [0.1, 0.15) is 0 Å². The molecule has 0 bridgehead atoms. The zero-order valence-corrected chi connectivity index (χ0v) is 10.4. The molecule has 16 heavy (non-hydrogen) atoms. The molecule has 1 aliphatic heterocycles. The van der Waals surface area contributed by atoms with E-state index in [0.29, 0.717) is 13.1 Å². The summed E-state index contributed by atoms with van der Waals surface area (Å²) in [6.07, 6.45) is 0. The smallest absolute Gasteiger partial charge is 0.277 e. The molecule has 0 unspecified atom stereocenters. The number of amides is 1. The van der Waals surface area contributed by atoms with Crippen LogP contribution in [0.1, 0.15) is 0 Å². The molecule has 8 heteroatoms. The van der Waals surface area contributed by atoms with Gasteiger partial charge in [0.2, 0.25) is 5.91 Å². The summed E-state index contributed by atoms with van der Waals surface area (Å²) in [5, 5.41) is 0. The standard InChI is InChI=1S/C8H18N4O3S/c1-9-16(14,15)10-7-8(13)12-5-3-11(2)4-6-12/h9-10H,3-7H2,1-2H3. The van der Waals surface area contributed by atoms with Crippen molar-refractivity contribution in [1.82, 2.24) is 19.2 Å². The summed E-state index contributed by atoms with van der Waals surface area (Å²) in [4.78, 5) is 15.4. The van der Waals surface area contributed by atoms with E-state index in [1.165, 1.54) is 7.05 Å². The van der Waals surface area contributed by atoms with Gasteiger partial charge in [-0.15, -0.1) is 0 Å². The van der Waals surface area contributed by atoms with Crippen molar-refractivity contribution in [3.8, 4) is 0 Å². The topological polar surface area (TPSA) is 81.8 Å². The molecule has 1 heterocycles. The molecular formula is C8H18N4O3S. The molecule has 0 spiro atoms. The lowest BCUT2D eigenvalue weighted by Crippen LogP contribution is -2.50. The van der Waals surface area contributed by atoms with Gasteiger partial charge in [0.25, 0.3) is 10.2 Å². The Labute approximate surface area is 96.0 Å². The van der Waals surface area contributed by atoms with E-state index in [4.69, 9.17) is 0 Å². The lowest BCUT2D eigenvalue weighted by Gasteiger charge is -2.32. The molecule has 0 aromatic rings. The van der Waals surface area contributed by atoms with Crippen LogP contribution in [0.5, 0.6) is 0 Å². The van der Waals surface area contributed by atoms with Crippen LogP contribution in [0.2, 0.25) is 0 Å². The predicted octanol–water partition coefficient (Wildman–Crippen LogP) is -2.19. The lowest BCUT2D eigenvalue weighted by atomic mass is 10.3. The SMILES string of the molecule is CNS(=O)(=O)NCC(=O)N1CCN(C)CC1. The highest BCUT2D eigenvalue weighted by Crippen LogP contribution is 1.98. The normalized spacial score (nSPS) is 18.8. The minimum absolute atomic E-state index is 0.188. The highest BCUT2D eigenvalue weighted by molar-refractivity contribution is 7.87. The van der Waals surface area contributed by atoms with Crippen molar-refractivity contribution >= 4 is 16.1 Å². The van der Waals surface area contributed by atoms with Crippen LogP contribution in [0.25, 0.3) is 0 Å². The van der Waals surface area contributed by atoms with Crippen LogP contribution < -0.4 is 9.44 Å². The van der Waals surface area contributed by atoms with Crippen LogP contribution in [0.15, 0.2) is 0 Å². The second-order valence-corrected chi connectivity index (χ2v) is 5.42. The highest BCUT2D eigenvalue weighted by Gasteiger charge is 2.19. The molecule has 1 aliphatic rings. The molecule has 7 nitrogen and oxygen atoms in total. The fourth-order valence-corrected chi connectivity index (χ4v) is 1.85. The molecule has 94 valence electrons. The summed E-state index contributed by atoms with van der Waals surface area (Å²) in [6.45, 7) is 2.76. The highest BCUT2D eigenvalue weighted by atomic mass is 32.2. The Morgan fingerprint density at radius 3 is 2.31 bits per heavy atom. The number of piperazine rings is 1. The molecule has 1 fully saturated rings. The molecule has 0 aliphatic carbocycles. The van der Waals surface area contributed by atoms with Crippen LogP contribution in [0.4, 0.5) is 0 Å². The third kappa shape index (κ3) is 4.05. The molecule has 1 amide bonds. The van der Waals surface area contributed by atoms with Crippen molar-refractivity contribution in [3.63, 3.8) is 0 Å². The van der Waals surface area contributed by atoms with E-state index in [9.17, 15) is 13.2 Å². The Hall–Kier alpha value is -0.700. The first kappa shape index (κ1) is 13.4. The Balaban J connectivity index is 2.36. The first-order valence-electron chi connectivity index (χ1n) is 5.09. The van der Waals surface area contributed by atoms with E-state index in [-0.39, 0.29) is 12.5 Å². The first-order chi connectivity index (χ1) is 7.44. The van der Waals surface area contributed by atoms with Crippen molar-refractivity contribution in [3.05, 3.63) is 0 Å². The van der Waals surface area contributed by atoms with Gasteiger partial charge in [-0.3, -0.25) is 4.79 Å². The summed E-state index contributed by atoms with van der Waals surface area (Å²) in [7, 11) is -0.236. The fourth-order valence-electron chi connectivity index (χ4n) is 1.40. The van der Waals surface area contributed by atoms with Crippen LogP contribution in [0.3, 0.4) is 0 Å². The van der Waals surface area contributed by atoms with Gasteiger partial charge in [-0.1, -0.05) is 0 Å². The molecule has 1 rings (SSSR count). The Morgan fingerprint density at radius 1 is 1.25 bits per heavy atom. The van der Waals surface area contributed by atoms with Gasteiger partial charge in [-0.2, -0.15) is 13.1 Å². The monoisotopic (exact) mass is 250 g/mol. The summed E-state index contributed by atoms with van der Waals surface area (Å²) >= 11 is 0. The number of carbonyl (C=O) groups is 1. The molecular weight excluding hydrogens is 232 g/mol. The van der Waals surface area contributed by atoms with Crippen molar-refractivity contribution in [1.29, 1.82) is 0 Å². The van der Waals surface area contributed by atoms with Gasteiger partial charge in [0.15, 0.2) is 0 Å². The quantitative estimate of drug-likeness (QED) is 0.594. The predicted molar refractivity (Wildman–Crippen MR) is 60.1 cm³/mol. The summed E-state index contributed by atoms with van der Waals surface area (Å²) in [5.41, 5.74) is 0. The van der Waals surface area contributed by atoms with E-state index >= 15 is 0 Å². The van der Waals surface area contributed by atoms with Gasteiger partial charge in [0.05, 0.1) is 6.54 Å². The minimum Gasteiger partial charge on any atom is -0.339 e. The zero-order chi connectivity index (χ0) is 12.2. The third-order valence-corrected chi connectivity index (χ3v) is 3.60. The van der Waals surface area contributed by atoms with Crippen LogP contribution in [-0.2, 0) is 15.0 Å². The van der Waals surface area contributed by atoms with Crippen molar-refractivity contribution in [2.45, 2.75) is 0 Å². The molecule has 1 saturated heterocycles. The molecule has 0 radical (unpaired) electrons. The third-order valence-electron chi connectivity index (χ3n) is 2.54. The van der Waals surface area contributed by atoms with E-state index in [0.717, 1.165) is 13.1 Å². The van der Waals surface area contributed by atoms with Crippen LogP contribution >= 0.6 is 0 Å². The van der Waals surface area contributed by atoms with Crippen molar-refractivity contribution in [2.24, 2.45) is 0 Å². The fraction of sp³-hybridized carbons (Fsp3) is 0.875. The lowest BCUT2D eigenvalue weighted by molar-refractivity contribution is -0.131. The van der Waals surface area contributed by atoms with Gasteiger partial charge in [-0.25, -0.2) is 4.72 Å². The number of nitrogens with zero attached hydrogens (tertiary/aromatic N) is 2. The second-order valence-electron chi connectivity index (χ2n) is 3.71. The molecule has 0 atom stereocenters. The number of likely N-dealkylation sites (N-methyl/N-ethyl adjacent to an activating group) is 1. The van der Waals surface area contributed by atoms with Crippen molar-refractivity contribution < 1.29 is 13.2 Å². The maximum absolute atomic E-state index is 11.6. The number of rotatable bonds is 4. The first-order valence-corrected chi connectivity index (χ1v) is 6.57. The van der Waals surface area contributed by atoms with E-state index in [2.05, 4.69) is 14.3 Å². The second kappa shape index (κ2) is 5.58. The summed E-state index contributed by atoms with van der Waals surface area (Å²) in [5.74, 6) is -0.188. The average molecular weight is 250 g/mol. The minimum atomic E-state index is -3.52. The summed E-state index contributed by atoms with van der Waals surface area (Å²) < 4.78 is 26.3. The van der Waals surface area contributed by atoms with Gasteiger partial charge in [-0.05, 0) is 7.05 Å².